The molecule has 1 aromatic carbocycles. The number of hydrogen-bond donors (Lipinski definition) is 1. The van der Waals surface area contributed by atoms with Crippen molar-refractivity contribution in [2.75, 3.05) is 5.73 Å². The lowest BCUT2D eigenvalue weighted by Gasteiger charge is -2.20. The number of ether oxygens (including phenoxy) is 1. The Bertz CT molecular complexity index is 433. The molecule has 0 aromatic heterocycles. The first kappa shape index (κ1) is 13.2. The third kappa shape index (κ3) is 3.90. The molecule has 2 N–H and O–H groups in total. The van der Waals surface area contributed by atoms with Crippen molar-refractivity contribution in [2.45, 2.75) is 32.8 Å². The van der Waals surface area contributed by atoms with Crippen LogP contribution in [0.5, 0.6) is 0 Å². The fraction of sp³-hybridized carbons (Fsp3) is 0.385. The summed E-state index contributed by atoms with van der Waals surface area (Å²) in [5, 5.41) is 0. The van der Waals surface area contributed by atoms with Crippen molar-refractivity contribution in [2.24, 2.45) is 0 Å². The monoisotopic (exact) mass is 235 g/mol. The number of esters is 1. The normalized spacial score (nSPS) is 11.0. The summed E-state index contributed by atoms with van der Waals surface area (Å²) in [6, 6.07) is 4.86. The van der Waals surface area contributed by atoms with E-state index in [1.54, 1.807) is 32.9 Å². The summed E-state index contributed by atoms with van der Waals surface area (Å²) < 4.78 is 5.26. The van der Waals surface area contributed by atoms with E-state index in [0.717, 1.165) is 6.29 Å². The highest BCUT2D eigenvalue weighted by Crippen LogP contribution is 2.18. The molecule has 1 rings (SSSR count). The zero-order valence-corrected chi connectivity index (χ0v) is 10.3. The van der Waals surface area contributed by atoms with Gasteiger partial charge in [-0.3, -0.25) is 0 Å². The molecule has 0 spiro atoms. The topological polar surface area (TPSA) is 69.4 Å². The molecule has 92 valence electrons. The SMILES string of the molecule is CC(C)(C)OC(=O)c1cc(N)ccc1CC=O. The van der Waals surface area contributed by atoms with Gasteiger partial charge in [0.25, 0.3) is 0 Å². The van der Waals surface area contributed by atoms with Crippen LogP contribution in [0, 0.1) is 0 Å². The van der Waals surface area contributed by atoms with E-state index in [2.05, 4.69) is 0 Å². The molecule has 4 nitrogen and oxygen atoms in total. The van der Waals surface area contributed by atoms with E-state index in [1.165, 1.54) is 6.07 Å². The summed E-state index contributed by atoms with van der Waals surface area (Å²) in [6.07, 6.45) is 0.925. The van der Waals surface area contributed by atoms with Crippen molar-refractivity contribution < 1.29 is 14.3 Å². The minimum Gasteiger partial charge on any atom is -0.456 e. The van der Waals surface area contributed by atoms with Crippen LogP contribution in [0.3, 0.4) is 0 Å². The van der Waals surface area contributed by atoms with Gasteiger partial charge in [0.05, 0.1) is 5.56 Å². The maximum absolute atomic E-state index is 11.9. The van der Waals surface area contributed by atoms with Crippen LogP contribution in [0.2, 0.25) is 0 Å². The molecule has 0 aliphatic heterocycles. The predicted octanol–water partition coefficient (Wildman–Crippen LogP) is 1.97. The first-order valence-corrected chi connectivity index (χ1v) is 5.39. The van der Waals surface area contributed by atoms with Crippen molar-refractivity contribution in [3.05, 3.63) is 29.3 Å². The van der Waals surface area contributed by atoms with Crippen LogP contribution in [-0.4, -0.2) is 17.9 Å². The number of rotatable bonds is 3. The summed E-state index contributed by atoms with van der Waals surface area (Å²) in [5.41, 5.74) is 6.51. The highest BCUT2D eigenvalue weighted by molar-refractivity contribution is 5.93. The summed E-state index contributed by atoms with van der Waals surface area (Å²) in [4.78, 5) is 22.5. The van der Waals surface area contributed by atoms with Gasteiger partial charge in [0.2, 0.25) is 0 Å². The second-order valence-electron chi connectivity index (χ2n) is 4.79. The minimum absolute atomic E-state index is 0.175. The Morgan fingerprint density at radius 1 is 1.41 bits per heavy atom. The van der Waals surface area contributed by atoms with Crippen molar-refractivity contribution in [1.29, 1.82) is 0 Å². The zero-order valence-electron chi connectivity index (χ0n) is 10.3. The van der Waals surface area contributed by atoms with Crippen molar-refractivity contribution in [1.82, 2.24) is 0 Å². The molecule has 0 atom stereocenters. The van der Waals surface area contributed by atoms with E-state index in [9.17, 15) is 9.59 Å². The predicted molar refractivity (Wildman–Crippen MR) is 65.8 cm³/mol. The Hall–Kier alpha value is -1.84. The number of nitrogen functional groups attached to an aromatic ring is 1. The molecular formula is C13H17NO3. The molecule has 0 saturated heterocycles. The van der Waals surface area contributed by atoms with E-state index in [-0.39, 0.29) is 6.42 Å². The minimum atomic E-state index is -0.569. The van der Waals surface area contributed by atoms with Gasteiger partial charge in [-0.2, -0.15) is 0 Å². The molecule has 0 heterocycles. The highest BCUT2D eigenvalue weighted by atomic mass is 16.6. The lowest BCUT2D eigenvalue weighted by Crippen LogP contribution is -2.24. The van der Waals surface area contributed by atoms with Crippen LogP contribution in [0.4, 0.5) is 5.69 Å². The number of hydrogen-bond acceptors (Lipinski definition) is 4. The van der Waals surface area contributed by atoms with E-state index in [0.29, 0.717) is 16.8 Å². The summed E-state index contributed by atoms with van der Waals surface area (Å²) in [6.45, 7) is 5.36. The van der Waals surface area contributed by atoms with Gasteiger partial charge in [-0.25, -0.2) is 4.79 Å². The van der Waals surface area contributed by atoms with Crippen molar-refractivity contribution >= 4 is 17.9 Å². The molecule has 0 bridgehead atoms. The number of aldehydes is 1. The van der Waals surface area contributed by atoms with Crippen molar-refractivity contribution in [3.8, 4) is 0 Å². The van der Waals surface area contributed by atoms with Gasteiger partial charge in [0.15, 0.2) is 0 Å². The van der Waals surface area contributed by atoms with E-state index >= 15 is 0 Å². The molecule has 0 fully saturated rings. The first-order valence-electron chi connectivity index (χ1n) is 5.39. The molecule has 0 radical (unpaired) electrons. The van der Waals surface area contributed by atoms with Gasteiger partial charge >= 0.3 is 5.97 Å². The fourth-order valence-electron chi connectivity index (χ4n) is 1.38. The van der Waals surface area contributed by atoms with E-state index < -0.39 is 11.6 Å². The Labute approximate surface area is 101 Å². The molecule has 0 saturated carbocycles. The third-order valence-corrected chi connectivity index (χ3v) is 2.06. The first-order chi connectivity index (χ1) is 7.83. The maximum atomic E-state index is 11.9. The van der Waals surface area contributed by atoms with Crippen LogP contribution in [0.25, 0.3) is 0 Å². The van der Waals surface area contributed by atoms with Crippen LogP contribution < -0.4 is 5.73 Å². The Kier molecular flexibility index (Phi) is 3.89. The van der Waals surface area contributed by atoms with Crippen LogP contribution >= 0.6 is 0 Å². The zero-order chi connectivity index (χ0) is 13.1. The lowest BCUT2D eigenvalue weighted by molar-refractivity contribution is -0.107. The number of benzene rings is 1. The quantitative estimate of drug-likeness (QED) is 0.494. The van der Waals surface area contributed by atoms with Crippen molar-refractivity contribution in [3.63, 3.8) is 0 Å². The molecule has 0 aliphatic carbocycles. The van der Waals surface area contributed by atoms with E-state index in [4.69, 9.17) is 10.5 Å². The average molecular weight is 235 g/mol. The number of carbonyl (C=O) groups excluding carboxylic acids is 2. The maximum Gasteiger partial charge on any atom is 0.339 e. The van der Waals surface area contributed by atoms with Crippen LogP contribution in [0.15, 0.2) is 18.2 Å². The average Bonchev–Trinajstić information content (AvgIpc) is 2.18. The summed E-state index contributed by atoms with van der Waals surface area (Å²) >= 11 is 0. The van der Waals surface area contributed by atoms with Crippen LogP contribution in [-0.2, 0) is 16.0 Å². The largest absolute Gasteiger partial charge is 0.456 e. The number of anilines is 1. The molecular weight excluding hydrogens is 218 g/mol. The number of nitrogens with two attached hydrogens (primary N) is 1. The lowest BCUT2D eigenvalue weighted by atomic mass is 10.0. The second-order valence-corrected chi connectivity index (χ2v) is 4.79. The Balaban J connectivity index is 3.06. The Morgan fingerprint density at radius 3 is 2.59 bits per heavy atom. The molecule has 0 unspecified atom stereocenters. The van der Waals surface area contributed by atoms with E-state index in [1.807, 2.05) is 0 Å². The van der Waals surface area contributed by atoms with Gasteiger partial charge < -0.3 is 15.3 Å². The standard InChI is InChI=1S/C13H17NO3/c1-13(2,3)17-12(16)11-8-10(14)5-4-9(11)6-7-15/h4-5,7-8H,6,14H2,1-3H3. The molecule has 1 aromatic rings. The van der Waals surface area contributed by atoms with Gasteiger partial charge in [-0.1, -0.05) is 6.07 Å². The molecule has 4 heteroatoms. The van der Waals surface area contributed by atoms with Gasteiger partial charge in [-0.15, -0.1) is 0 Å². The second kappa shape index (κ2) is 4.99. The van der Waals surface area contributed by atoms with Gasteiger partial charge in [0.1, 0.15) is 11.9 Å². The van der Waals surface area contributed by atoms with Gasteiger partial charge in [-0.05, 0) is 38.5 Å². The summed E-state index contributed by atoms with van der Waals surface area (Å²) in [7, 11) is 0. The van der Waals surface area contributed by atoms with Crippen LogP contribution in [0.1, 0.15) is 36.7 Å². The number of carbonyl (C=O) groups is 2. The van der Waals surface area contributed by atoms with Gasteiger partial charge in [0, 0.05) is 12.1 Å². The Morgan fingerprint density at radius 2 is 2.06 bits per heavy atom. The molecule has 0 aliphatic rings. The fourth-order valence-corrected chi connectivity index (χ4v) is 1.38. The smallest absolute Gasteiger partial charge is 0.339 e. The highest BCUT2D eigenvalue weighted by Gasteiger charge is 2.20. The third-order valence-electron chi connectivity index (χ3n) is 2.06. The molecule has 0 amide bonds. The summed E-state index contributed by atoms with van der Waals surface area (Å²) in [5.74, 6) is -0.457. The molecule has 17 heavy (non-hydrogen) atoms.